The molecular formula is C14H18ClN3O5. The molecule has 8 nitrogen and oxygen atoms in total. The molecule has 2 rings (SSSR count). The van der Waals surface area contributed by atoms with E-state index in [-0.39, 0.29) is 23.4 Å². The van der Waals surface area contributed by atoms with Crippen LogP contribution in [0, 0.1) is 0 Å². The van der Waals surface area contributed by atoms with Crippen molar-refractivity contribution in [1.82, 2.24) is 4.98 Å². The number of halogens is 1. The zero-order valence-corrected chi connectivity index (χ0v) is 13.6. The Balaban J connectivity index is 2.33. The van der Waals surface area contributed by atoms with Gasteiger partial charge in [0, 0.05) is 19.2 Å². The highest BCUT2D eigenvalue weighted by Crippen LogP contribution is 2.32. The number of methoxy groups -OCH3 is 2. The van der Waals surface area contributed by atoms with Gasteiger partial charge in [-0.1, -0.05) is 0 Å². The van der Waals surface area contributed by atoms with Crippen LogP contribution in [0.5, 0.6) is 5.75 Å². The molecule has 0 bridgehead atoms. The van der Waals surface area contributed by atoms with E-state index in [2.05, 4.69) is 20.4 Å². The summed E-state index contributed by atoms with van der Waals surface area (Å²) in [6.45, 7) is 1.21. The van der Waals surface area contributed by atoms with Crippen LogP contribution in [0.25, 0.3) is 0 Å². The first-order valence-electron chi connectivity index (χ1n) is 6.97. The van der Waals surface area contributed by atoms with Gasteiger partial charge in [-0.25, -0.2) is 9.78 Å². The van der Waals surface area contributed by atoms with Crippen LogP contribution in [-0.4, -0.2) is 56.2 Å². The summed E-state index contributed by atoms with van der Waals surface area (Å²) in [6.07, 6.45) is 1.01. The number of aromatic nitrogens is 1. The van der Waals surface area contributed by atoms with Gasteiger partial charge in [-0.3, -0.25) is 4.79 Å². The zero-order chi connectivity index (χ0) is 16.8. The fourth-order valence-corrected chi connectivity index (χ4v) is 2.04. The number of ether oxygens (including phenoxy) is 3. The van der Waals surface area contributed by atoms with Gasteiger partial charge >= 0.3 is 5.97 Å². The SMILES string of the molecule is COC(=O)c1cc(OC)c(NC(=O)CCl)c(NC[C@@H]2CCO2)n1. The van der Waals surface area contributed by atoms with Crippen LogP contribution in [0.2, 0.25) is 0 Å². The number of carbonyl (C=O) groups is 2. The number of rotatable bonds is 7. The number of anilines is 2. The lowest BCUT2D eigenvalue weighted by Crippen LogP contribution is -2.34. The second-order valence-corrected chi connectivity index (χ2v) is 5.04. The van der Waals surface area contributed by atoms with Crippen molar-refractivity contribution in [3.63, 3.8) is 0 Å². The molecule has 1 fully saturated rings. The van der Waals surface area contributed by atoms with E-state index in [0.29, 0.717) is 18.1 Å². The molecular weight excluding hydrogens is 326 g/mol. The molecule has 126 valence electrons. The van der Waals surface area contributed by atoms with E-state index in [4.69, 9.17) is 21.1 Å². The van der Waals surface area contributed by atoms with Crippen molar-refractivity contribution >= 4 is 35.0 Å². The zero-order valence-electron chi connectivity index (χ0n) is 12.8. The Labute approximate surface area is 138 Å². The maximum atomic E-state index is 11.7. The summed E-state index contributed by atoms with van der Waals surface area (Å²) in [6, 6.07) is 1.39. The Morgan fingerprint density at radius 3 is 2.74 bits per heavy atom. The molecule has 0 saturated carbocycles. The Hall–Kier alpha value is -2.06. The van der Waals surface area contributed by atoms with Gasteiger partial charge < -0.3 is 24.8 Å². The fraction of sp³-hybridized carbons (Fsp3) is 0.500. The molecule has 0 radical (unpaired) electrons. The van der Waals surface area contributed by atoms with Crippen LogP contribution in [0.15, 0.2) is 6.07 Å². The molecule has 1 aliphatic heterocycles. The van der Waals surface area contributed by atoms with Crippen molar-refractivity contribution < 1.29 is 23.8 Å². The van der Waals surface area contributed by atoms with Gasteiger partial charge in [0.25, 0.3) is 0 Å². The predicted molar refractivity (Wildman–Crippen MR) is 84.3 cm³/mol. The van der Waals surface area contributed by atoms with E-state index in [1.807, 2.05) is 0 Å². The molecule has 2 N–H and O–H groups in total. The summed E-state index contributed by atoms with van der Waals surface area (Å²) in [5, 5.41) is 5.67. The van der Waals surface area contributed by atoms with E-state index < -0.39 is 11.9 Å². The quantitative estimate of drug-likeness (QED) is 0.568. The van der Waals surface area contributed by atoms with Crippen LogP contribution in [0.4, 0.5) is 11.5 Å². The van der Waals surface area contributed by atoms with Gasteiger partial charge in [0.15, 0.2) is 11.5 Å². The highest BCUT2D eigenvalue weighted by atomic mass is 35.5. The Kier molecular flexibility index (Phi) is 6.00. The number of hydrogen-bond donors (Lipinski definition) is 2. The summed E-state index contributed by atoms with van der Waals surface area (Å²) in [5.41, 5.74) is 0.371. The van der Waals surface area contributed by atoms with Crippen molar-refractivity contribution in [1.29, 1.82) is 0 Å². The third-order valence-corrected chi connectivity index (χ3v) is 3.52. The average molecular weight is 344 g/mol. The number of nitrogens with zero attached hydrogens (tertiary/aromatic N) is 1. The standard InChI is InChI=1S/C14H18ClN3O5/c1-21-10-5-9(14(20)22-2)17-13(12(10)18-11(19)6-15)16-7-8-3-4-23-8/h5,8H,3-4,6-7H2,1-2H3,(H,16,17)(H,18,19)/t8-/m0/s1. The molecule has 1 aromatic rings. The number of alkyl halides is 1. The summed E-state index contributed by atoms with van der Waals surface area (Å²) >= 11 is 5.53. The van der Waals surface area contributed by atoms with Crippen molar-refractivity contribution in [2.24, 2.45) is 0 Å². The van der Waals surface area contributed by atoms with Crippen LogP contribution >= 0.6 is 11.6 Å². The number of carbonyl (C=O) groups excluding carboxylic acids is 2. The van der Waals surface area contributed by atoms with Crippen molar-refractivity contribution in [3.8, 4) is 5.75 Å². The van der Waals surface area contributed by atoms with Crippen molar-refractivity contribution in [3.05, 3.63) is 11.8 Å². The average Bonchev–Trinajstić information content (AvgIpc) is 2.53. The van der Waals surface area contributed by atoms with E-state index in [1.165, 1.54) is 20.3 Å². The number of esters is 1. The first-order chi connectivity index (χ1) is 11.1. The molecule has 1 atom stereocenters. The third kappa shape index (κ3) is 4.23. The lowest BCUT2D eigenvalue weighted by molar-refractivity contribution is -0.113. The molecule has 0 unspecified atom stereocenters. The molecule has 2 heterocycles. The third-order valence-electron chi connectivity index (χ3n) is 3.27. The smallest absolute Gasteiger partial charge is 0.356 e. The van der Waals surface area contributed by atoms with Crippen molar-refractivity contribution in [2.45, 2.75) is 12.5 Å². The summed E-state index contributed by atoms with van der Waals surface area (Å²) in [4.78, 5) is 27.5. The van der Waals surface area contributed by atoms with Crippen LogP contribution in [0.1, 0.15) is 16.9 Å². The maximum absolute atomic E-state index is 11.7. The first-order valence-corrected chi connectivity index (χ1v) is 7.51. The number of hydrogen-bond acceptors (Lipinski definition) is 7. The minimum atomic E-state index is -0.610. The molecule has 1 aromatic heterocycles. The van der Waals surface area contributed by atoms with E-state index in [0.717, 1.165) is 13.0 Å². The van der Waals surface area contributed by atoms with Gasteiger partial charge in [-0.2, -0.15) is 0 Å². The summed E-state index contributed by atoms with van der Waals surface area (Å²) in [5.74, 6) is -0.677. The summed E-state index contributed by atoms with van der Waals surface area (Å²) in [7, 11) is 2.68. The molecule has 23 heavy (non-hydrogen) atoms. The highest BCUT2D eigenvalue weighted by molar-refractivity contribution is 6.29. The molecule has 0 aromatic carbocycles. The first kappa shape index (κ1) is 17.3. The Bertz CT molecular complexity index is 592. The lowest BCUT2D eigenvalue weighted by atomic mass is 10.2. The second-order valence-electron chi connectivity index (χ2n) is 4.77. The molecule has 9 heteroatoms. The minimum absolute atomic E-state index is 0.0604. The van der Waals surface area contributed by atoms with Crippen LogP contribution in [-0.2, 0) is 14.3 Å². The van der Waals surface area contributed by atoms with Gasteiger partial charge in [-0.05, 0) is 6.42 Å². The van der Waals surface area contributed by atoms with Crippen molar-refractivity contribution in [2.75, 3.05) is 43.9 Å². The second kappa shape index (κ2) is 7.98. The van der Waals surface area contributed by atoms with E-state index in [1.54, 1.807) is 0 Å². The largest absolute Gasteiger partial charge is 0.494 e. The lowest BCUT2D eigenvalue weighted by Gasteiger charge is -2.27. The molecule has 1 saturated heterocycles. The van der Waals surface area contributed by atoms with Crippen LogP contribution < -0.4 is 15.4 Å². The molecule has 1 amide bonds. The fourth-order valence-electron chi connectivity index (χ4n) is 1.97. The predicted octanol–water partition coefficient (Wildman–Crippen LogP) is 1.25. The monoisotopic (exact) mass is 343 g/mol. The molecule has 0 spiro atoms. The maximum Gasteiger partial charge on any atom is 0.356 e. The van der Waals surface area contributed by atoms with Gasteiger partial charge in [0.05, 0.1) is 20.3 Å². The van der Waals surface area contributed by atoms with Gasteiger partial charge in [-0.15, -0.1) is 11.6 Å². The highest BCUT2D eigenvalue weighted by Gasteiger charge is 2.22. The molecule has 0 aliphatic carbocycles. The summed E-state index contributed by atoms with van der Waals surface area (Å²) < 4.78 is 15.2. The minimum Gasteiger partial charge on any atom is -0.494 e. The topological polar surface area (TPSA) is 98.8 Å². The van der Waals surface area contributed by atoms with E-state index in [9.17, 15) is 9.59 Å². The normalized spacial score (nSPS) is 16.2. The Morgan fingerprint density at radius 1 is 1.48 bits per heavy atom. The number of amides is 1. The van der Waals surface area contributed by atoms with Gasteiger partial charge in [0.1, 0.15) is 17.3 Å². The van der Waals surface area contributed by atoms with E-state index >= 15 is 0 Å². The number of nitrogens with one attached hydrogen (secondary N) is 2. The van der Waals surface area contributed by atoms with Gasteiger partial charge in [0.2, 0.25) is 5.91 Å². The Morgan fingerprint density at radius 2 is 2.22 bits per heavy atom. The van der Waals surface area contributed by atoms with Crippen LogP contribution in [0.3, 0.4) is 0 Å². The molecule has 1 aliphatic rings. The number of pyridine rings is 1.